The molecule has 0 heterocycles. The molecule has 0 saturated heterocycles. The van der Waals surface area contributed by atoms with Gasteiger partial charge >= 0.3 is 0 Å². The van der Waals surface area contributed by atoms with Gasteiger partial charge in [0.1, 0.15) is 0 Å². The first kappa shape index (κ1) is 12.8. The van der Waals surface area contributed by atoms with Gasteiger partial charge in [-0.2, -0.15) is 0 Å². The van der Waals surface area contributed by atoms with Crippen molar-refractivity contribution in [3.63, 3.8) is 0 Å². The number of rotatable bonds is 3. The minimum Gasteiger partial charge on any atom is -0.399 e. The second-order valence-corrected chi connectivity index (χ2v) is 4.21. The number of nitrogens with two attached hydrogens (primary N) is 1. The molecule has 0 aliphatic rings. The second kappa shape index (κ2) is 5.35. The Bertz CT molecular complexity index is 601. The zero-order valence-corrected chi connectivity index (χ0v) is 10.5. The predicted molar refractivity (Wildman–Crippen MR) is 75.3 cm³/mol. The van der Waals surface area contributed by atoms with Crippen LogP contribution in [0.25, 0.3) is 0 Å². The fraction of sp³-hybridized carbons (Fsp3) is 0.0667. The van der Waals surface area contributed by atoms with Crippen molar-refractivity contribution in [2.24, 2.45) is 0 Å². The van der Waals surface area contributed by atoms with Crippen LogP contribution in [0.3, 0.4) is 0 Å². The van der Waals surface area contributed by atoms with Crippen molar-refractivity contribution in [3.8, 4) is 0 Å². The Kier molecular flexibility index (Phi) is 3.61. The van der Waals surface area contributed by atoms with Gasteiger partial charge in [0.15, 0.2) is 5.78 Å². The maximum absolute atomic E-state index is 12.0. The van der Waals surface area contributed by atoms with Crippen LogP contribution >= 0.6 is 0 Å². The Balaban J connectivity index is 2.11. The van der Waals surface area contributed by atoms with Gasteiger partial charge in [-0.3, -0.25) is 9.59 Å². The van der Waals surface area contributed by atoms with E-state index in [1.807, 2.05) is 0 Å². The Labute approximate surface area is 111 Å². The first-order valence-electron chi connectivity index (χ1n) is 5.84. The van der Waals surface area contributed by atoms with Gasteiger partial charge in [0, 0.05) is 22.5 Å². The lowest BCUT2D eigenvalue weighted by Crippen LogP contribution is -2.12. The van der Waals surface area contributed by atoms with Gasteiger partial charge in [0.05, 0.1) is 0 Å². The monoisotopic (exact) mass is 254 g/mol. The highest BCUT2D eigenvalue weighted by molar-refractivity contribution is 6.05. The molecule has 4 nitrogen and oxygen atoms in total. The number of hydrogen-bond donors (Lipinski definition) is 2. The third kappa shape index (κ3) is 3.19. The molecule has 0 aliphatic heterocycles. The topological polar surface area (TPSA) is 72.2 Å². The maximum Gasteiger partial charge on any atom is 0.255 e. The lowest BCUT2D eigenvalue weighted by Gasteiger charge is -2.06. The summed E-state index contributed by atoms with van der Waals surface area (Å²) in [5, 5.41) is 2.75. The molecule has 19 heavy (non-hydrogen) atoms. The molecule has 0 atom stereocenters. The molecule has 0 bridgehead atoms. The van der Waals surface area contributed by atoms with Crippen LogP contribution in [0.1, 0.15) is 27.6 Å². The van der Waals surface area contributed by atoms with Crippen LogP contribution in [0, 0.1) is 0 Å². The molecule has 2 rings (SSSR count). The van der Waals surface area contributed by atoms with Crippen LogP contribution in [0.5, 0.6) is 0 Å². The second-order valence-electron chi connectivity index (χ2n) is 4.21. The largest absolute Gasteiger partial charge is 0.399 e. The molecule has 2 aromatic carbocycles. The number of nitrogens with one attached hydrogen (secondary N) is 1. The van der Waals surface area contributed by atoms with E-state index in [9.17, 15) is 9.59 Å². The average Bonchev–Trinajstić information content (AvgIpc) is 2.41. The molecular formula is C15H14N2O2. The van der Waals surface area contributed by atoms with Crippen molar-refractivity contribution in [2.45, 2.75) is 6.92 Å². The number of nitrogen functional groups attached to an aromatic ring is 1. The van der Waals surface area contributed by atoms with Crippen LogP contribution in [0.15, 0.2) is 48.5 Å². The SMILES string of the molecule is CC(=O)c1ccc(C(=O)Nc2ccc(N)cc2)cc1. The number of benzene rings is 2. The van der Waals surface area contributed by atoms with E-state index in [0.29, 0.717) is 22.5 Å². The van der Waals surface area contributed by atoms with Gasteiger partial charge in [-0.25, -0.2) is 0 Å². The summed E-state index contributed by atoms with van der Waals surface area (Å²) in [6.07, 6.45) is 0. The number of amides is 1. The Morgan fingerprint density at radius 3 is 1.95 bits per heavy atom. The maximum atomic E-state index is 12.0. The molecule has 0 aliphatic carbocycles. The zero-order chi connectivity index (χ0) is 13.8. The molecule has 0 fully saturated rings. The van der Waals surface area contributed by atoms with E-state index in [1.54, 1.807) is 48.5 Å². The molecule has 3 N–H and O–H groups in total. The third-order valence-corrected chi connectivity index (χ3v) is 2.72. The molecular weight excluding hydrogens is 240 g/mol. The number of carbonyl (C=O) groups is 2. The number of hydrogen-bond acceptors (Lipinski definition) is 3. The van der Waals surface area contributed by atoms with Gasteiger partial charge in [0.25, 0.3) is 5.91 Å². The fourth-order valence-corrected chi connectivity index (χ4v) is 1.63. The highest BCUT2D eigenvalue weighted by atomic mass is 16.1. The predicted octanol–water partition coefficient (Wildman–Crippen LogP) is 2.72. The van der Waals surface area contributed by atoms with Crippen LogP contribution in [-0.4, -0.2) is 11.7 Å². The van der Waals surface area contributed by atoms with E-state index in [0.717, 1.165) is 0 Å². The van der Waals surface area contributed by atoms with E-state index in [-0.39, 0.29) is 11.7 Å². The third-order valence-electron chi connectivity index (χ3n) is 2.72. The summed E-state index contributed by atoms with van der Waals surface area (Å²) in [4.78, 5) is 23.1. The molecule has 0 radical (unpaired) electrons. The Hall–Kier alpha value is -2.62. The molecule has 0 aromatic heterocycles. The van der Waals surface area contributed by atoms with Gasteiger partial charge < -0.3 is 11.1 Å². The van der Waals surface area contributed by atoms with E-state index < -0.39 is 0 Å². The molecule has 96 valence electrons. The number of carbonyl (C=O) groups excluding carboxylic acids is 2. The van der Waals surface area contributed by atoms with Gasteiger partial charge in [0.2, 0.25) is 0 Å². The quantitative estimate of drug-likeness (QED) is 0.653. The normalized spacial score (nSPS) is 9.95. The first-order chi connectivity index (χ1) is 9.06. The zero-order valence-electron chi connectivity index (χ0n) is 10.5. The summed E-state index contributed by atoms with van der Waals surface area (Å²) in [6.45, 7) is 1.49. The van der Waals surface area contributed by atoms with Crippen LogP contribution in [-0.2, 0) is 0 Å². The molecule has 2 aromatic rings. The van der Waals surface area contributed by atoms with Crippen LogP contribution < -0.4 is 11.1 Å². The van der Waals surface area contributed by atoms with E-state index >= 15 is 0 Å². The number of Topliss-reactive ketones (excluding diaryl/α,β-unsaturated/α-hetero) is 1. The standard InChI is InChI=1S/C15H14N2O2/c1-10(18)11-2-4-12(5-3-11)15(19)17-14-8-6-13(16)7-9-14/h2-9H,16H2,1H3,(H,17,19). The van der Waals surface area contributed by atoms with E-state index in [4.69, 9.17) is 5.73 Å². The number of anilines is 2. The summed E-state index contributed by atoms with van der Waals surface area (Å²) >= 11 is 0. The average molecular weight is 254 g/mol. The minimum atomic E-state index is -0.222. The lowest BCUT2D eigenvalue weighted by molar-refractivity contribution is 0.101. The summed E-state index contributed by atoms with van der Waals surface area (Å²) in [7, 11) is 0. The number of ketones is 1. The van der Waals surface area contributed by atoms with Crippen molar-refractivity contribution in [1.29, 1.82) is 0 Å². The van der Waals surface area contributed by atoms with Crippen LogP contribution in [0.4, 0.5) is 11.4 Å². The van der Waals surface area contributed by atoms with E-state index in [1.165, 1.54) is 6.92 Å². The first-order valence-corrected chi connectivity index (χ1v) is 5.84. The molecule has 0 saturated carbocycles. The highest BCUT2D eigenvalue weighted by Gasteiger charge is 2.07. The van der Waals surface area contributed by atoms with Gasteiger partial charge in [-0.1, -0.05) is 12.1 Å². The summed E-state index contributed by atoms with van der Waals surface area (Å²) in [5.74, 6) is -0.245. The minimum absolute atomic E-state index is 0.0227. The molecule has 4 heteroatoms. The van der Waals surface area contributed by atoms with Crippen molar-refractivity contribution in [3.05, 3.63) is 59.7 Å². The van der Waals surface area contributed by atoms with Crippen LogP contribution in [0.2, 0.25) is 0 Å². The lowest BCUT2D eigenvalue weighted by atomic mass is 10.1. The molecule has 1 amide bonds. The summed E-state index contributed by atoms with van der Waals surface area (Å²) < 4.78 is 0. The molecule has 0 spiro atoms. The summed E-state index contributed by atoms with van der Waals surface area (Å²) in [6, 6.07) is 13.4. The Morgan fingerprint density at radius 1 is 0.895 bits per heavy atom. The summed E-state index contributed by atoms with van der Waals surface area (Å²) in [5.41, 5.74) is 7.98. The van der Waals surface area contributed by atoms with Crippen molar-refractivity contribution >= 4 is 23.1 Å². The highest BCUT2D eigenvalue weighted by Crippen LogP contribution is 2.13. The molecule has 0 unspecified atom stereocenters. The van der Waals surface area contributed by atoms with Crippen molar-refractivity contribution < 1.29 is 9.59 Å². The van der Waals surface area contributed by atoms with Gasteiger partial charge in [-0.15, -0.1) is 0 Å². The van der Waals surface area contributed by atoms with Crippen molar-refractivity contribution in [2.75, 3.05) is 11.1 Å². The Morgan fingerprint density at radius 2 is 1.42 bits per heavy atom. The van der Waals surface area contributed by atoms with E-state index in [2.05, 4.69) is 5.32 Å². The van der Waals surface area contributed by atoms with Crippen molar-refractivity contribution in [1.82, 2.24) is 0 Å². The van der Waals surface area contributed by atoms with Gasteiger partial charge in [-0.05, 0) is 43.3 Å². The smallest absolute Gasteiger partial charge is 0.255 e. The fourth-order valence-electron chi connectivity index (χ4n) is 1.63.